The van der Waals surface area contributed by atoms with Crippen LogP contribution in [0.4, 0.5) is 0 Å². The summed E-state index contributed by atoms with van der Waals surface area (Å²) in [5, 5.41) is -0.335. The van der Waals surface area contributed by atoms with Crippen molar-refractivity contribution in [2.45, 2.75) is 19.1 Å². The van der Waals surface area contributed by atoms with E-state index in [0.29, 0.717) is 0 Å². The summed E-state index contributed by atoms with van der Waals surface area (Å²) >= 11 is 0. The van der Waals surface area contributed by atoms with Crippen molar-refractivity contribution in [3.8, 4) is 0 Å². The molecule has 2 rings (SSSR count). The summed E-state index contributed by atoms with van der Waals surface area (Å²) in [5.41, 5.74) is 9.35. The van der Waals surface area contributed by atoms with Gasteiger partial charge in [-0.2, -0.15) is 0 Å². The highest BCUT2D eigenvalue weighted by molar-refractivity contribution is 7.86. The van der Waals surface area contributed by atoms with Crippen LogP contribution in [-0.4, -0.2) is 15.9 Å². The lowest BCUT2D eigenvalue weighted by atomic mass is 10.0. The SMILES string of the molecule is Cc1ccc(C(c2ccc(C)cc2)S(=O)CC(N)=O)cc1. The monoisotopic (exact) mass is 301 g/mol. The van der Waals surface area contributed by atoms with E-state index in [2.05, 4.69) is 0 Å². The van der Waals surface area contributed by atoms with Crippen molar-refractivity contribution < 1.29 is 9.00 Å². The van der Waals surface area contributed by atoms with Crippen LogP contribution >= 0.6 is 0 Å². The van der Waals surface area contributed by atoms with Crippen molar-refractivity contribution in [3.63, 3.8) is 0 Å². The molecule has 4 heteroatoms. The summed E-state index contributed by atoms with van der Waals surface area (Å²) in [5.74, 6) is -0.676. The van der Waals surface area contributed by atoms with Crippen molar-refractivity contribution in [3.05, 3.63) is 70.8 Å². The van der Waals surface area contributed by atoms with Crippen molar-refractivity contribution in [1.29, 1.82) is 0 Å². The molecule has 0 aliphatic heterocycles. The Bertz CT molecular complexity index is 602. The van der Waals surface area contributed by atoms with E-state index in [0.717, 1.165) is 22.3 Å². The standard InChI is InChI=1S/C17H19NO2S/c1-12-3-7-14(8-4-12)17(21(20)11-16(18)19)15-9-5-13(2)6-10-15/h3-10,17H,11H2,1-2H3,(H2,18,19). The minimum Gasteiger partial charge on any atom is -0.369 e. The molecule has 2 aromatic rings. The van der Waals surface area contributed by atoms with Crippen LogP contribution < -0.4 is 5.73 Å². The van der Waals surface area contributed by atoms with Crippen LogP contribution in [0.25, 0.3) is 0 Å². The molecule has 3 nitrogen and oxygen atoms in total. The summed E-state index contributed by atoms with van der Waals surface area (Å²) in [6.45, 7) is 4.01. The normalized spacial score (nSPS) is 12.3. The fraction of sp³-hybridized carbons (Fsp3) is 0.235. The van der Waals surface area contributed by atoms with Crippen molar-refractivity contribution >= 4 is 16.7 Å². The number of primary amides is 1. The number of aryl methyl sites for hydroxylation is 2. The zero-order chi connectivity index (χ0) is 15.4. The summed E-state index contributed by atoms with van der Waals surface area (Å²) in [7, 11) is -1.38. The van der Waals surface area contributed by atoms with Gasteiger partial charge in [-0.25, -0.2) is 0 Å². The highest BCUT2D eigenvalue weighted by Crippen LogP contribution is 2.29. The number of amides is 1. The van der Waals surface area contributed by atoms with Crippen LogP contribution in [0, 0.1) is 13.8 Å². The van der Waals surface area contributed by atoms with Crippen LogP contribution in [0.2, 0.25) is 0 Å². The molecule has 2 N–H and O–H groups in total. The molecular formula is C17H19NO2S. The fourth-order valence-electron chi connectivity index (χ4n) is 2.20. The third kappa shape index (κ3) is 4.02. The van der Waals surface area contributed by atoms with Gasteiger partial charge < -0.3 is 5.73 Å². The quantitative estimate of drug-likeness (QED) is 0.923. The van der Waals surface area contributed by atoms with Gasteiger partial charge in [-0.15, -0.1) is 0 Å². The van der Waals surface area contributed by atoms with E-state index in [1.54, 1.807) is 0 Å². The van der Waals surface area contributed by atoms with Gasteiger partial charge in [-0.3, -0.25) is 9.00 Å². The van der Waals surface area contributed by atoms with Crippen molar-refractivity contribution in [2.24, 2.45) is 5.73 Å². The third-order valence-corrected chi connectivity index (χ3v) is 4.95. The lowest BCUT2D eigenvalue weighted by molar-refractivity contribution is -0.115. The number of nitrogens with two attached hydrogens (primary N) is 1. The lowest BCUT2D eigenvalue weighted by Gasteiger charge is -2.17. The van der Waals surface area contributed by atoms with Gasteiger partial charge in [0.05, 0.1) is 5.25 Å². The predicted octanol–water partition coefficient (Wildman–Crippen LogP) is 2.63. The molecule has 0 aliphatic rings. The Morgan fingerprint density at radius 1 is 0.952 bits per heavy atom. The van der Waals surface area contributed by atoms with Crippen LogP contribution in [0.1, 0.15) is 27.5 Å². The zero-order valence-electron chi connectivity index (χ0n) is 12.2. The Morgan fingerprint density at radius 3 is 1.67 bits per heavy atom. The first-order valence-corrected chi connectivity index (χ1v) is 8.14. The maximum absolute atomic E-state index is 12.5. The largest absolute Gasteiger partial charge is 0.369 e. The molecule has 0 spiro atoms. The Hall–Kier alpha value is -1.94. The van der Waals surface area contributed by atoms with Crippen LogP contribution in [0.15, 0.2) is 48.5 Å². The van der Waals surface area contributed by atoms with E-state index < -0.39 is 16.7 Å². The van der Waals surface area contributed by atoms with Gasteiger partial charge in [0.15, 0.2) is 0 Å². The topological polar surface area (TPSA) is 60.2 Å². The molecule has 110 valence electrons. The van der Waals surface area contributed by atoms with Gasteiger partial charge in [0.2, 0.25) is 5.91 Å². The Labute approximate surface area is 127 Å². The minimum atomic E-state index is -1.38. The maximum atomic E-state index is 12.5. The van der Waals surface area contributed by atoms with Gasteiger partial charge in [0.1, 0.15) is 5.75 Å². The number of hydrogen-bond acceptors (Lipinski definition) is 2. The molecule has 1 unspecified atom stereocenters. The summed E-state index contributed by atoms with van der Waals surface area (Å²) in [4.78, 5) is 11.1. The smallest absolute Gasteiger partial charge is 0.230 e. The second-order valence-electron chi connectivity index (χ2n) is 5.19. The van der Waals surface area contributed by atoms with Gasteiger partial charge >= 0.3 is 0 Å². The molecule has 2 aromatic carbocycles. The van der Waals surface area contributed by atoms with Gasteiger partial charge in [0, 0.05) is 10.8 Å². The van der Waals surface area contributed by atoms with E-state index in [1.807, 2.05) is 62.4 Å². The second kappa shape index (κ2) is 6.68. The molecule has 0 fully saturated rings. The van der Waals surface area contributed by atoms with E-state index >= 15 is 0 Å². The average molecular weight is 301 g/mol. The summed E-state index contributed by atoms with van der Waals surface area (Å²) in [6.07, 6.45) is 0. The van der Waals surface area contributed by atoms with E-state index in [4.69, 9.17) is 5.73 Å². The van der Waals surface area contributed by atoms with Crippen LogP contribution in [0.3, 0.4) is 0 Å². The third-order valence-electron chi connectivity index (χ3n) is 3.31. The number of carbonyl (C=O) groups is 1. The summed E-state index contributed by atoms with van der Waals surface area (Å²) in [6, 6.07) is 15.8. The highest BCUT2D eigenvalue weighted by Gasteiger charge is 2.22. The number of carbonyl (C=O) groups excluding carboxylic acids is 1. The van der Waals surface area contributed by atoms with Gasteiger partial charge in [-0.05, 0) is 25.0 Å². The van der Waals surface area contributed by atoms with Gasteiger partial charge in [0.25, 0.3) is 0 Å². The zero-order valence-corrected chi connectivity index (χ0v) is 13.0. The molecule has 0 aromatic heterocycles. The number of benzene rings is 2. The Balaban J connectivity index is 2.43. The molecule has 0 saturated heterocycles. The first-order valence-electron chi connectivity index (χ1n) is 6.76. The van der Waals surface area contributed by atoms with Crippen molar-refractivity contribution in [2.75, 3.05) is 5.75 Å². The number of hydrogen-bond donors (Lipinski definition) is 1. The molecule has 0 aliphatic carbocycles. The van der Waals surface area contributed by atoms with E-state index in [9.17, 15) is 9.00 Å². The number of rotatable bonds is 5. The molecule has 0 saturated carbocycles. The minimum absolute atomic E-state index is 0.133. The first-order chi connectivity index (χ1) is 9.97. The van der Waals surface area contributed by atoms with Crippen LogP contribution in [0.5, 0.6) is 0 Å². The molecule has 0 heterocycles. The Kier molecular flexibility index (Phi) is 4.91. The van der Waals surface area contributed by atoms with E-state index in [1.165, 1.54) is 0 Å². The van der Waals surface area contributed by atoms with E-state index in [-0.39, 0.29) is 11.0 Å². The molecule has 0 bridgehead atoms. The average Bonchev–Trinajstić information content (AvgIpc) is 2.42. The highest BCUT2D eigenvalue weighted by atomic mass is 32.2. The molecule has 1 atom stereocenters. The maximum Gasteiger partial charge on any atom is 0.230 e. The molecule has 1 amide bonds. The molecule has 21 heavy (non-hydrogen) atoms. The second-order valence-corrected chi connectivity index (χ2v) is 6.71. The first kappa shape index (κ1) is 15.4. The lowest BCUT2D eigenvalue weighted by Crippen LogP contribution is -2.23. The van der Waals surface area contributed by atoms with Crippen LogP contribution in [-0.2, 0) is 15.6 Å². The van der Waals surface area contributed by atoms with Gasteiger partial charge in [-0.1, -0.05) is 59.7 Å². The van der Waals surface area contributed by atoms with Crippen molar-refractivity contribution in [1.82, 2.24) is 0 Å². The fourth-order valence-corrected chi connectivity index (χ4v) is 3.57. The predicted molar refractivity (Wildman–Crippen MR) is 86.4 cm³/mol. The summed E-state index contributed by atoms with van der Waals surface area (Å²) < 4.78 is 12.5. The molecular weight excluding hydrogens is 282 g/mol. The molecule has 0 radical (unpaired) electrons. The Morgan fingerprint density at radius 2 is 1.33 bits per heavy atom.